The van der Waals surface area contributed by atoms with Crippen molar-refractivity contribution in [2.75, 3.05) is 0 Å². The summed E-state index contributed by atoms with van der Waals surface area (Å²) < 4.78 is 33.9. The Morgan fingerprint density at radius 2 is 0.583 bits per heavy atom. The van der Waals surface area contributed by atoms with E-state index in [4.69, 9.17) is 56.2 Å². The van der Waals surface area contributed by atoms with E-state index in [1.807, 2.05) is 163 Å². The minimum Gasteiger partial charge on any atom is -0.457 e. The number of nitrogens with one attached hydrogen (secondary N) is 8. The number of amides is 8. The molecule has 0 spiro atoms. The van der Waals surface area contributed by atoms with Gasteiger partial charge in [0, 0.05) is 88.9 Å². The van der Waals surface area contributed by atoms with Gasteiger partial charge in [-0.2, -0.15) is 31.6 Å². The first-order chi connectivity index (χ1) is 61.7. The minimum atomic E-state index is -0.641. The number of allylic oxidation sites excluding steroid dienone is 4. The Hall–Kier alpha value is -16.6. The molecule has 0 fully saturated rings. The van der Waals surface area contributed by atoms with Gasteiger partial charge in [-0.25, -0.2) is 47.9 Å². The maximum atomic E-state index is 14.2. The van der Waals surface area contributed by atoms with Crippen LogP contribution in [0.4, 0.5) is 28.0 Å². The Balaban J connectivity index is 0.000000131. The monoisotopic (exact) mass is 1740 g/mol. The number of benzene rings is 10. The van der Waals surface area contributed by atoms with E-state index in [9.17, 15) is 28.0 Å². The third-order valence-corrected chi connectivity index (χ3v) is 24.2. The lowest BCUT2D eigenvalue weighted by Gasteiger charge is -2.28. The standard InChI is InChI=1S/C27H20N4O2S.C27H20N4OS.2C22H14FN5OS/c1-17-24(26-30-23(16-34-26)19-9-7-18(15-28)8-10-19)25(31-27(32)29-17)20-11-13-22(14-12-20)33-21-5-3-2-4-6-21;1-17-24(26-30-23(16-33-26)21-9-7-18(15-28)8-10-21)25(31-27(32)29-17)22-13-11-20(12-14-22)19-5-3-2-4-6-19;1-12-19(21-27-18(11-30-21)14-4-2-13(9-24)3-5-14)20(28-22(29)26-12)15-6-7-17(23)16(8-15)10-25;1-12-19(21-27-18(11-30-21)14-4-2-13(9-24)3-5-14)20(28-22(29)26-12)15-6-7-16(10-25)17(23)8-15/h2-14,16,25H,1H3,(H2,29,31,32);2-14,16,25H,1H3,(H2,29,31,32);2*2-8,11,20H,1H3,(H2,26,28,29). The maximum absolute atomic E-state index is 14.2. The van der Waals surface area contributed by atoms with Crippen LogP contribution >= 0.6 is 45.3 Å². The molecule has 4 aromatic heterocycles. The van der Waals surface area contributed by atoms with Gasteiger partial charge in [0.05, 0.1) is 105 Å². The second-order valence-electron chi connectivity index (χ2n) is 28.9. The third-order valence-electron chi connectivity index (χ3n) is 20.7. The molecule has 4 aliphatic rings. The fourth-order valence-electron chi connectivity index (χ4n) is 14.4. The summed E-state index contributed by atoms with van der Waals surface area (Å²) in [5, 5.41) is 87.9. The Morgan fingerprint density at radius 1 is 0.299 bits per heavy atom. The smallest absolute Gasteiger partial charge is 0.319 e. The van der Waals surface area contributed by atoms with Crippen LogP contribution in [-0.2, 0) is 0 Å². The van der Waals surface area contributed by atoms with Crippen LogP contribution in [0.2, 0.25) is 0 Å². The zero-order valence-electron chi connectivity index (χ0n) is 67.6. The van der Waals surface area contributed by atoms with Crippen LogP contribution in [-0.4, -0.2) is 44.1 Å². The van der Waals surface area contributed by atoms with Gasteiger partial charge in [0.2, 0.25) is 0 Å². The van der Waals surface area contributed by atoms with Gasteiger partial charge in [0.1, 0.15) is 55.3 Å². The number of thiazole rings is 4. The molecular formula is C98H68F2N18O5S4. The van der Waals surface area contributed by atoms with Crippen LogP contribution in [0.1, 0.15) is 128 Å². The summed E-state index contributed by atoms with van der Waals surface area (Å²) >= 11 is 5.88. The van der Waals surface area contributed by atoms with Crippen molar-refractivity contribution >= 4 is 91.8 Å². The first-order valence-corrected chi connectivity index (χ1v) is 42.6. The molecule has 4 aliphatic heterocycles. The number of aromatic nitrogens is 4. The summed E-state index contributed by atoms with van der Waals surface area (Å²) in [6, 6.07) is 82.2. The molecule has 8 heterocycles. The topological polar surface area (TPSA) is 368 Å². The fourth-order valence-corrected chi connectivity index (χ4v) is 18.2. The number of rotatable bonds is 15. The van der Waals surface area contributed by atoms with E-state index in [2.05, 4.69) is 103 Å². The number of carbonyl (C=O) groups is 4. The van der Waals surface area contributed by atoms with Crippen LogP contribution < -0.4 is 47.3 Å². The number of hydrogen-bond donors (Lipinski definition) is 8. The van der Waals surface area contributed by atoms with Crippen molar-refractivity contribution in [3.63, 3.8) is 0 Å². The van der Waals surface area contributed by atoms with Gasteiger partial charge in [-0.05, 0) is 158 Å². The van der Waals surface area contributed by atoms with Crippen LogP contribution in [0.15, 0.2) is 287 Å². The second kappa shape index (κ2) is 38.6. The van der Waals surface area contributed by atoms with Crippen LogP contribution in [0.25, 0.3) is 78.4 Å². The molecule has 8 amide bonds. The van der Waals surface area contributed by atoms with Gasteiger partial charge in [-0.15, -0.1) is 45.3 Å². The van der Waals surface area contributed by atoms with E-state index in [0.717, 1.165) is 122 Å². The number of ether oxygens (including phenoxy) is 1. The predicted molar refractivity (Wildman–Crippen MR) is 484 cm³/mol. The number of nitrogens with zero attached hydrogens (tertiary/aromatic N) is 10. The van der Waals surface area contributed by atoms with Crippen molar-refractivity contribution in [1.82, 2.24) is 62.5 Å². The van der Waals surface area contributed by atoms with Crippen LogP contribution in [0.3, 0.4) is 0 Å². The lowest BCUT2D eigenvalue weighted by Crippen LogP contribution is -2.42. The largest absolute Gasteiger partial charge is 0.457 e. The highest BCUT2D eigenvalue weighted by atomic mass is 32.1. The molecule has 10 aromatic carbocycles. The van der Waals surface area contributed by atoms with E-state index in [1.165, 1.54) is 69.6 Å². The fraction of sp³-hybridized carbons (Fsp3) is 0.0816. The van der Waals surface area contributed by atoms with Crippen molar-refractivity contribution in [2.24, 2.45) is 0 Å². The van der Waals surface area contributed by atoms with E-state index in [0.29, 0.717) is 54.8 Å². The number of nitriles is 6. The zero-order chi connectivity index (χ0) is 88.8. The van der Waals surface area contributed by atoms with Crippen LogP contribution in [0, 0.1) is 79.6 Å². The molecule has 127 heavy (non-hydrogen) atoms. The van der Waals surface area contributed by atoms with Crippen molar-refractivity contribution in [2.45, 2.75) is 51.9 Å². The van der Waals surface area contributed by atoms with E-state index in [-0.39, 0.29) is 41.3 Å². The number of para-hydroxylation sites is 1. The number of hydrogen-bond acceptors (Lipinski definition) is 19. The summed E-state index contributed by atoms with van der Waals surface area (Å²) in [5.41, 5.74) is 20.4. The van der Waals surface area contributed by atoms with Crippen molar-refractivity contribution < 1.29 is 32.7 Å². The highest BCUT2D eigenvalue weighted by Gasteiger charge is 2.35. The van der Waals surface area contributed by atoms with Gasteiger partial charge in [0.25, 0.3) is 0 Å². The Labute approximate surface area is 743 Å². The molecule has 618 valence electrons. The molecule has 4 unspecified atom stereocenters. The number of halogens is 2. The Bertz CT molecular complexity index is 6990. The highest BCUT2D eigenvalue weighted by molar-refractivity contribution is 7.12. The minimum absolute atomic E-state index is 0.0568. The first-order valence-electron chi connectivity index (χ1n) is 39.1. The van der Waals surface area contributed by atoms with Crippen LogP contribution in [0.5, 0.6) is 11.5 Å². The van der Waals surface area contributed by atoms with E-state index < -0.39 is 29.7 Å². The molecule has 23 nitrogen and oxygen atoms in total. The average molecular weight is 1740 g/mol. The normalized spacial score (nSPS) is 15.6. The van der Waals surface area contributed by atoms with Crippen molar-refractivity contribution in [3.8, 4) is 104 Å². The molecule has 0 saturated heterocycles. The molecule has 14 aromatic rings. The van der Waals surface area contributed by atoms with Gasteiger partial charge in [0.15, 0.2) is 0 Å². The molecule has 0 aliphatic carbocycles. The molecule has 29 heteroatoms. The van der Waals surface area contributed by atoms with E-state index >= 15 is 0 Å². The quantitative estimate of drug-likeness (QED) is 0.0473. The molecule has 0 saturated carbocycles. The SMILES string of the molecule is CC1=C(c2nc(-c3ccc(C#N)cc3)cs2)C(c2ccc(-c3ccccc3)cc2)NC(=O)N1.CC1=C(c2nc(-c3ccc(C#N)cc3)cs2)C(c2ccc(C#N)c(F)c2)NC(=O)N1.CC1=C(c2nc(-c3ccc(C#N)cc3)cs2)C(c2ccc(F)c(C#N)c2)NC(=O)N1.CC1=C(c2nc(-c3ccc(C#N)cc3)cs2)C(c2ccc(Oc3ccccc3)cc2)NC(=O)N1. The Kier molecular flexibility index (Phi) is 25.9. The summed E-state index contributed by atoms with van der Waals surface area (Å²) in [4.78, 5) is 67.9. The van der Waals surface area contributed by atoms with Gasteiger partial charge < -0.3 is 47.3 Å². The van der Waals surface area contributed by atoms with Gasteiger partial charge in [-0.3, -0.25) is 0 Å². The zero-order valence-corrected chi connectivity index (χ0v) is 70.9. The van der Waals surface area contributed by atoms with Gasteiger partial charge in [-0.1, -0.05) is 146 Å². The first kappa shape index (κ1) is 85.3. The van der Waals surface area contributed by atoms with Gasteiger partial charge >= 0.3 is 24.1 Å². The molecule has 0 radical (unpaired) electrons. The molecule has 4 atom stereocenters. The molecule has 8 N–H and O–H groups in total. The third kappa shape index (κ3) is 19.6. The Morgan fingerprint density at radius 3 is 0.913 bits per heavy atom. The summed E-state index contributed by atoms with van der Waals surface area (Å²) in [5.74, 6) is 0.230. The maximum Gasteiger partial charge on any atom is 0.319 e. The lowest BCUT2D eigenvalue weighted by molar-refractivity contribution is 0.239. The molecule has 18 rings (SSSR count). The molecule has 0 bridgehead atoms. The van der Waals surface area contributed by atoms with E-state index in [1.54, 1.807) is 80.6 Å². The summed E-state index contributed by atoms with van der Waals surface area (Å²) in [6.07, 6.45) is 0. The number of urea groups is 4. The summed E-state index contributed by atoms with van der Waals surface area (Å²) in [6.45, 7) is 7.33. The highest BCUT2D eigenvalue weighted by Crippen LogP contribution is 2.44. The summed E-state index contributed by atoms with van der Waals surface area (Å²) in [7, 11) is 0. The second-order valence-corrected chi connectivity index (χ2v) is 32.3. The lowest BCUT2D eigenvalue weighted by atomic mass is 9.94. The molecular weight excluding hydrogens is 1680 g/mol. The van der Waals surface area contributed by atoms with Crippen molar-refractivity contribution in [1.29, 1.82) is 31.6 Å². The number of carbonyl (C=O) groups excluding carboxylic acids is 4. The average Bonchev–Trinajstić information content (AvgIpc) is 1.76. The predicted octanol–water partition coefficient (Wildman–Crippen LogP) is 21.3. The van der Waals surface area contributed by atoms with Crippen molar-refractivity contribution in [3.05, 3.63) is 374 Å².